The van der Waals surface area contributed by atoms with Gasteiger partial charge in [-0.05, 0) is 0 Å². The van der Waals surface area contributed by atoms with Crippen molar-refractivity contribution in [2.75, 3.05) is 7.11 Å². The molecule has 0 atom stereocenters. The Balaban J connectivity index is -0.0000000273. The first kappa shape index (κ1) is 22.7. The van der Waals surface area contributed by atoms with E-state index >= 15 is 0 Å². The summed E-state index contributed by atoms with van der Waals surface area (Å²) in [4.78, 5) is 0. The van der Waals surface area contributed by atoms with E-state index in [-0.39, 0.29) is 7.43 Å². The van der Waals surface area contributed by atoms with Crippen LogP contribution in [0.5, 0.6) is 0 Å². The topological polar surface area (TPSA) is 9.23 Å². The molecule has 0 bridgehead atoms. The minimum absolute atomic E-state index is 0. The maximum Gasteiger partial charge on any atom is 0.0766 e. The largest absolute Gasteiger partial charge is 0.505 e. The van der Waals surface area contributed by atoms with Crippen LogP contribution in [0.2, 0.25) is 0 Å². The first-order valence-electron chi connectivity index (χ1n) is 3.47. The lowest BCUT2D eigenvalue weighted by atomic mass is 10.6. The molecule has 1 nitrogen and oxygen atoms in total. The van der Waals surface area contributed by atoms with Gasteiger partial charge in [-0.25, -0.2) is 0 Å². The summed E-state index contributed by atoms with van der Waals surface area (Å²) >= 11 is 0. The molecular formula is C9H24O. The SMILES string of the molecule is C.C=COC.CC.CCC. The molecule has 0 aromatic carbocycles. The summed E-state index contributed by atoms with van der Waals surface area (Å²) in [7, 11) is 1.56. The second-order valence-electron chi connectivity index (χ2n) is 1.11. The van der Waals surface area contributed by atoms with E-state index in [0.717, 1.165) is 0 Å². The predicted molar refractivity (Wildman–Crippen MR) is 51.3 cm³/mol. The van der Waals surface area contributed by atoms with Gasteiger partial charge in [0.25, 0.3) is 0 Å². The minimum Gasteiger partial charge on any atom is -0.505 e. The van der Waals surface area contributed by atoms with Crippen LogP contribution in [-0.4, -0.2) is 7.11 Å². The molecule has 0 fully saturated rings. The molecule has 0 aliphatic rings. The molecule has 0 saturated heterocycles. The number of methoxy groups -OCH3 is 1. The Bertz CT molecular complexity index is 25.9. The average molecular weight is 148 g/mol. The smallest absolute Gasteiger partial charge is 0.0766 e. The van der Waals surface area contributed by atoms with Crippen molar-refractivity contribution in [3.63, 3.8) is 0 Å². The Morgan fingerprint density at radius 2 is 1.40 bits per heavy atom. The van der Waals surface area contributed by atoms with Gasteiger partial charge in [-0.2, -0.15) is 0 Å². The fourth-order valence-corrected chi connectivity index (χ4v) is 0. The molecule has 0 N–H and O–H groups in total. The second kappa shape index (κ2) is 75.3. The summed E-state index contributed by atoms with van der Waals surface area (Å²) in [6.45, 7) is 11.5. The van der Waals surface area contributed by atoms with E-state index in [9.17, 15) is 0 Å². The summed E-state index contributed by atoms with van der Waals surface area (Å²) in [5, 5.41) is 0. The average Bonchev–Trinajstić information content (AvgIpc) is 1.94. The maximum atomic E-state index is 4.31. The molecule has 0 heterocycles. The zero-order chi connectivity index (χ0) is 8.12. The van der Waals surface area contributed by atoms with Gasteiger partial charge in [0.2, 0.25) is 0 Å². The Kier molecular flexibility index (Phi) is 171. The van der Waals surface area contributed by atoms with Crippen molar-refractivity contribution in [2.24, 2.45) is 0 Å². The van der Waals surface area contributed by atoms with Crippen LogP contribution < -0.4 is 0 Å². The Morgan fingerprint density at radius 3 is 1.40 bits per heavy atom. The highest BCUT2D eigenvalue weighted by Crippen LogP contribution is 1.56. The molecule has 10 heavy (non-hydrogen) atoms. The molecule has 0 spiro atoms. The molecule has 0 amide bonds. The molecule has 0 saturated carbocycles. The first-order chi connectivity index (χ1) is 4.33. The lowest BCUT2D eigenvalue weighted by molar-refractivity contribution is 0.339. The third-order valence-electron chi connectivity index (χ3n) is 0.167. The van der Waals surface area contributed by atoms with E-state index < -0.39 is 0 Å². The standard InChI is InChI=1S/C3H6O.C3H8.C2H6.CH4/c1-3-4-2;1-3-2;1-2;/h3H,1H2,2H3;3H2,1-2H3;1-2H3;1H4. The number of ether oxygens (including phenoxy) is 1. The summed E-state index contributed by atoms with van der Waals surface area (Å²) in [5.74, 6) is 0. The minimum atomic E-state index is 0. The quantitative estimate of drug-likeness (QED) is 0.513. The fraction of sp³-hybridized carbons (Fsp3) is 0.778. The summed E-state index contributed by atoms with van der Waals surface area (Å²) in [6, 6.07) is 0. The highest BCUT2D eigenvalue weighted by molar-refractivity contribution is 4.43. The zero-order valence-corrected chi connectivity index (χ0v) is 7.40. The number of hydrogen-bond donors (Lipinski definition) is 0. The fourth-order valence-electron chi connectivity index (χ4n) is 0. The molecule has 0 radical (unpaired) electrons. The lowest BCUT2D eigenvalue weighted by Gasteiger charge is -1.73. The molecule has 0 aromatic heterocycles. The molecule has 0 unspecified atom stereocenters. The predicted octanol–water partition coefficient (Wildman–Crippen LogP) is 3.85. The summed E-state index contributed by atoms with van der Waals surface area (Å²) < 4.78 is 4.31. The van der Waals surface area contributed by atoms with Gasteiger partial charge in [0, 0.05) is 0 Å². The van der Waals surface area contributed by atoms with Crippen LogP contribution in [0.4, 0.5) is 0 Å². The van der Waals surface area contributed by atoms with Crippen molar-refractivity contribution in [1.29, 1.82) is 0 Å². The number of hydrogen-bond acceptors (Lipinski definition) is 1. The zero-order valence-electron chi connectivity index (χ0n) is 7.40. The van der Waals surface area contributed by atoms with Crippen molar-refractivity contribution < 1.29 is 4.74 Å². The van der Waals surface area contributed by atoms with Crippen LogP contribution in [0.15, 0.2) is 12.8 Å². The summed E-state index contributed by atoms with van der Waals surface area (Å²) in [6.07, 6.45) is 2.62. The van der Waals surface area contributed by atoms with Gasteiger partial charge in [-0.15, -0.1) is 0 Å². The maximum absolute atomic E-state index is 4.31. The van der Waals surface area contributed by atoms with Crippen molar-refractivity contribution in [3.05, 3.63) is 12.8 Å². The van der Waals surface area contributed by atoms with E-state index in [1.165, 1.54) is 12.7 Å². The lowest BCUT2D eigenvalue weighted by Crippen LogP contribution is -1.54. The highest BCUT2D eigenvalue weighted by atomic mass is 16.5. The van der Waals surface area contributed by atoms with Crippen molar-refractivity contribution in [1.82, 2.24) is 0 Å². The Hall–Kier alpha value is -0.460. The van der Waals surface area contributed by atoms with Gasteiger partial charge in [0.1, 0.15) is 0 Å². The van der Waals surface area contributed by atoms with Gasteiger partial charge in [-0.1, -0.05) is 48.1 Å². The molecule has 0 aliphatic heterocycles. The highest BCUT2D eigenvalue weighted by Gasteiger charge is 1.36. The third kappa shape index (κ3) is 1110. The van der Waals surface area contributed by atoms with Crippen molar-refractivity contribution in [2.45, 2.75) is 41.5 Å². The van der Waals surface area contributed by atoms with Crippen LogP contribution in [0, 0.1) is 0 Å². The molecule has 0 aromatic rings. The normalized spacial score (nSPS) is 4.50. The monoisotopic (exact) mass is 148 g/mol. The van der Waals surface area contributed by atoms with Crippen LogP contribution >= 0.6 is 0 Å². The molecule has 66 valence electrons. The van der Waals surface area contributed by atoms with Crippen molar-refractivity contribution >= 4 is 0 Å². The van der Waals surface area contributed by atoms with E-state index in [2.05, 4.69) is 25.2 Å². The first-order valence-corrected chi connectivity index (χ1v) is 3.47. The molecular weight excluding hydrogens is 124 g/mol. The third-order valence-corrected chi connectivity index (χ3v) is 0.167. The van der Waals surface area contributed by atoms with E-state index in [0.29, 0.717) is 0 Å². The van der Waals surface area contributed by atoms with Crippen LogP contribution in [0.3, 0.4) is 0 Å². The van der Waals surface area contributed by atoms with Crippen molar-refractivity contribution in [3.8, 4) is 0 Å². The van der Waals surface area contributed by atoms with E-state index in [1.54, 1.807) is 7.11 Å². The summed E-state index contributed by atoms with van der Waals surface area (Å²) in [5.41, 5.74) is 0. The van der Waals surface area contributed by atoms with Gasteiger partial charge in [0.15, 0.2) is 0 Å². The van der Waals surface area contributed by atoms with Gasteiger partial charge in [-0.3, -0.25) is 0 Å². The molecule has 0 rings (SSSR count). The van der Waals surface area contributed by atoms with Gasteiger partial charge in [0.05, 0.1) is 13.4 Å². The van der Waals surface area contributed by atoms with E-state index in [4.69, 9.17) is 0 Å². The van der Waals surface area contributed by atoms with Crippen LogP contribution in [0.25, 0.3) is 0 Å². The van der Waals surface area contributed by atoms with Gasteiger partial charge < -0.3 is 4.74 Å². The Morgan fingerprint density at radius 1 is 1.30 bits per heavy atom. The Labute approximate surface area is 67.1 Å². The molecule has 1 heteroatoms. The molecule has 0 aliphatic carbocycles. The van der Waals surface area contributed by atoms with E-state index in [1.807, 2.05) is 13.8 Å². The van der Waals surface area contributed by atoms with Gasteiger partial charge >= 0.3 is 0 Å². The number of rotatable bonds is 1. The second-order valence-corrected chi connectivity index (χ2v) is 1.11. The van der Waals surface area contributed by atoms with Crippen LogP contribution in [-0.2, 0) is 4.74 Å². The van der Waals surface area contributed by atoms with Crippen LogP contribution in [0.1, 0.15) is 41.5 Å².